The minimum absolute atomic E-state index is 1.06. The molecule has 0 bridgehead atoms. The average molecular weight is 259 g/mol. The van der Waals surface area contributed by atoms with Crippen LogP contribution >= 0.6 is 27.9 Å². The average Bonchev–Trinajstić information content (AvgIpc) is 2.61. The Kier molecular flexibility index (Phi) is 2.79. The molecular weight excluding hydrogens is 248 g/mol. The molecule has 0 amide bonds. The topological polar surface area (TPSA) is 16.1 Å². The first-order chi connectivity index (χ1) is 6.27. The van der Waals surface area contributed by atoms with Crippen LogP contribution in [0.3, 0.4) is 0 Å². The summed E-state index contributed by atoms with van der Waals surface area (Å²) in [7, 11) is 0. The van der Waals surface area contributed by atoms with Crippen molar-refractivity contribution in [3.8, 4) is 0 Å². The highest BCUT2D eigenvalue weighted by molar-refractivity contribution is 9.10. The monoisotopic (exact) mass is 258 g/mol. The van der Waals surface area contributed by atoms with Gasteiger partial charge in [0.05, 0.1) is 11.4 Å². The number of halogens is 1. The van der Waals surface area contributed by atoms with Gasteiger partial charge in [-0.25, -0.2) is 0 Å². The molecule has 0 spiro atoms. The summed E-state index contributed by atoms with van der Waals surface area (Å²) in [5.41, 5.74) is 2.36. The maximum Gasteiger partial charge on any atom is 0.0693 e. The summed E-state index contributed by atoms with van der Waals surface area (Å²) in [5.74, 6) is 1.23. The fourth-order valence-electron chi connectivity index (χ4n) is 1.39. The maximum absolute atomic E-state index is 4.32. The molecule has 70 valence electrons. The molecule has 0 radical (unpaired) electrons. The van der Waals surface area contributed by atoms with Gasteiger partial charge in [0.1, 0.15) is 0 Å². The molecular formula is C9H11BrN2S. The van der Waals surface area contributed by atoms with Crippen molar-refractivity contribution < 1.29 is 0 Å². The van der Waals surface area contributed by atoms with E-state index in [2.05, 4.69) is 38.2 Å². The van der Waals surface area contributed by atoms with Gasteiger partial charge in [-0.1, -0.05) is 0 Å². The van der Waals surface area contributed by atoms with Gasteiger partial charge in [0.25, 0.3) is 0 Å². The van der Waals surface area contributed by atoms with Crippen LogP contribution < -0.4 is 4.31 Å². The zero-order valence-electron chi connectivity index (χ0n) is 7.46. The number of hydrogen-bond donors (Lipinski definition) is 0. The lowest BCUT2D eigenvalue weighted by Gasteiger charge is -2.17. The van der Waals surface area contributed by atoms with Gasteiger partial charge >= 0.3 is 0 Å². The molecule has 2 heterocycles. The number of aromatic nitrogens is 1. The largest absolute Gasteiger partial charge is 0.314 e. The van der Waals surface area contributed by atoms with Crippen molar-refractivity contribution in [2.45, 2.75) is 13.3 Å². The van der Waals surface area contributed by atoms with Gasteiger partial charge in [0.2, 0.25) is 0 Å². The standard InChI is InChI=1S/C9H11BrN2S/c1-7-9(5-8(10)6-11-7)12-3-2-4-13-12/h5-6H,2-4H2,1H3. The highest BCUT2D eigenvalue weighted by atomic mass is 79.9. The van der Waals surface area contributed by atoms with E-state index in [4.69, 9.17) is 0 Å². The molecule has 1 aromatic rings. The third kappa shape index (κ3) is 1.99. The summed E-state index contributed by atoms with van der Waals surface area (Å²) >= 11 is 5.34. The summed E-state index contributed by atoms with van der Waals surface area (Å²) < 4.78 is 3.38. The van der Waals surface area contributed by atoms with Gasteiger partial charge in [-0.3, -0.25) is 4.98 Å². The van der Waals surface area contributed by atoms with Gasteiger partial charge in [-0.05, 0) is 47.3 Å². The molecule has 2 rings (SSSR count). The molecule has 0 aliphatic carbocycles. The first kappa shape index (κ1) is 9.34. The van der Waals surface area contributed by atoms with Gasteiger partial charge in [0, 0.05) is 23.0 Å². The number of nitrogens with zero attached hydrogens (tertiary/aromatic N) is 2. The predicted octanol–water partition coefficient (Wildman–Crippen LogP) is 3.01. The lowest BCUT2D eigenvalue weighted by molar-refractivity contribution is 0.977. The number of anilines is 1. The van der Waals surface area contributed by atoms with Crippen molar-refractivity contribution in [3.63, 3.8) is 0 Å². The van der Waals surface area contributed by atoms with Gasteiger partial charge in [-0.15, -0.1) is 0 Å². The van der Waals surface area contributed by atoms with Crippen LogP contribution in [0.5, 0.6) is 0 Å². The van der Waals surface area contributed by atoms with Crippen LogP contribution in [0.2, 0.25) is 0 Å². The van der Waals surface area contributed by atoms with Crippen LogP contribution in [-0.4, -0.2) is 17.3 Å². The zero-order chi connectivity index (χ0) is 9.26. The highest BCUT2D eigenvalue weighted by Gasteiger charge is 2.15. The van der Waals surface area contributed by atoms with E-state index >= 15 is 0 Å². The van der Waals surface area contributed by atoms with E-state index in [1.807, 2.05) is 18.1 Å². The molecule has 1 fully saturated rings. The normalized spacial score (nSPS) is 16.6. The Labute approximate surface area is 91.0 Å². The Balaban J connectivity index is 2.32. The van der Waals surface area contributed by atoms with Crippen molar-refractivity contribution in [2.75, 3.05) is 16.6 Å². The highest BCUT2D eigenvalue weighted by Crippen LogP contribution is 2.31. The minimum Gasteiger partial charge on any atom is -0.314 e. The Bertz CT molecular complexity index is 310. The second kappa shape index (κ2) is 3.88. The molecule has 0 unspecified atom stereocenters. The molecule has 0 aromatic carbocycles. The zero-order valence-corrected chi connectivity index (χ0v) is 9.86. The molecule has 2 nitrogen and oxygen atoms in total. The smallest absolute Gasteiger partial charge is 0.0693 e. The number of pyridine rings is 1. The second-order valence-corrected chi connectivity index (χ2v) is 5.07. The molecule has 13 heavy (non-hydrogen) atoms. The number of aryl methyl sites for hydroxylation is 1. The number of hydrogen-bond acceptors (Lipinski definition) is 3. The van der Waals surface area contributed by atoms with E-state index in [0.29, 0.717) is 0 Å². The van der Waals surface area contributed by atoms with Gasteiger partial charge in [0.15, 0.2) is 0 Å². The lowest BCUT2D eigenvalue weighted by Crippen LogP contribution is -2.10. The van der Waals surface area contributed by atoms with Crippen molar-refractivity contribution in [1.82, 2.24) is 4.98 Å². The van der Waals surface area contributed by atoms with Crippen LogP contribution in [0.25, 0.3) is 0 Å². The molecule has 1 saturated heterocycles. The summed E-state index contributed by atoms with van der Waals surface area (Å²) in [6.45, 7) is 3.20. The Morgan fingerprint density at radius 1 is 1.62 bits per heavy atom. The second-order valence-electron chi connectivity index (χ2n) is 3.05. The fraction of sp³-hybridized carbons (Fsp3) is 0.444. The Morgan fingerprint density at radius 3 is 3.15 bits per heavy atom. The van der Waals surface area contributed by atoms with Crippen LogP contribution in [0.1, 0.15) is 12.1 Å². The van der Waals surface area contributed by atoms with E-state index in [1.54, 1.807) is 0 Å². The van der Waals surface area contributed by atoms with Crippen LogP contribution in [0.4, 0.5) is 5.69 Å². The molecule has 1 aliphatic heterocycles. The minimum atomic E-state index is 1.06. The van der Waals surface area contributed by atoms with Gasteiger partial charge < -0.3 is 4.31 Å². The number of rotatable bonds is 1. The van der Waals surface area contributed by atoms with E-state index in [-0.39, 0.29) is 0 Å². The fourth-order valence-corrected chi connectivity index (χ4v) is 2.77. The van der Waals surface area contributed by atoms with Crippen molar-refractivity contribution in [2.24, 2.45) is 0 Å². The quantitative estimate of drug-likeness (QED) is 0.721. The van der Waals surface area contributed by atoms with Crippen LogP contribution in [-0.2, 0) is 0 Å². The maximum atomic E-state index is 4.32. The first-order valence-electron chi connectivity index (χ1n) is 4.30. The summed E-state index contributed by atoms with van der Waals surface area (Å²) in [6, 6.07) is 2.14. The van der Waals surface area contributed by atoms with Crippen molar-refractivity contribution in [3.05, 3.63) is 22.4 Å². The molecule has 0 atom stereocenters. The Hall–Kier alpha value is -0.220. The van der Waals surface area contributed by atoms with E-state index in [9.17, 15) is 0 Å². The van der Waals surface area contributed by atoms with Crippen LogP contribution in [0, 0.1) is 6.92 Å². The molecule has 0 N–H and O–H groups in total. The molecule has 1 aromatic heterocycles. The summed E-state index contributed by atoms with van der Waals surface area (Å²) in [5, 5.41) is 0. The molecule has 0 saturated carbocycles. The molecule has 1 aliphatic rings. The third-order valence-corrected chi connectivity index (χ3v) is 3.64. The molecule has 4 heteroatoms. The third-order valence-electron chi connectivity index (χ3n) is 2.05. The van der Waals surface area contributed by atoms with Crippen molar-refractivity contribution >= 4 is 33.6 Å². The SMILES string of the molecule is Cc1ncc(Br)cc1N1CCCS1. The van der Waals surface area contributed by atoms with E-state index in [0.717, 1.165) is 16.7 Å². The van der Waals surface area contributed by atoms with E-state index in [1.165, 1.54) is 17.9 Å². The van der Waals surface area contributed by atoms with E-state index < -0.39 is 0 Å². The Morgan fingerprint density at radius 2 is 2.46 bits per heavy atom. The lowest BCUT2D eigenvalue weighted by atomic mass is 10.3. The summed E-state index contributed by atoms with van der Waals surface area (Å²) in [6.07, 6.45) is 3.12. The first-order valence-corrected chi connectivity index (χ1v) is 6.03. The predicted molar refractivity (Wildman–Crippen MR) is 61.1 cm³/mol. The van der Waals surface area contributed by atoms with Crippen LogP contribution in [0.15, 0.2) is 16.7 Å². The van der Waals surface area contributed by atoms with Gasteiger partial charge in [-0.2, -0.15) is 0 Å². The van der Waals surface area contributed by atoms with Crippen molar-refractivity contribution in [1.29, 1.82) is 0 Å². The summed E-state index contributed by atoms with van der Waals surface area (Å²) in [4.78, 5) is 4.32.